The average molecular weight is 256 g/mol. The molecule has 0 spiro atoms. The first-order chi connectivity index (χ1) is 7.94. The molecule has 0 bridgehead atoms. The fourth-order valence-electron chi connectivity index (χ4n) is 2.36. The number of hydrogen-bond acceptors (Lipinski definition) is 1. The summed E-state index contributed by atoms with van der Waals surface area (Å²) in [4.78, 5) is 13.7. The molecule has 2 nitrogen and oxygen atoms in total. The van der Waals surface area contributed by atoms with Crippen LogP contribution in [0.25, 0.3) is 0 Å². The maximum atomic E-state index is 11.9. The third kappa shape index (κ3) is 3.12. The smallest absolute Gasteiger partial charge is 0.241 e. The van der Waals surface area contributed by atoms with Crippen molar-refractivity contribution in [3.8, 4) is 0 Å². The van der Waals surface area contributed by atoms with E-state index in [9.17, 15) is 4.79 Å². The van der Waals surface area contributed by atoms with Crippen molar-refractivity contribution in [2.75, 3.05) is 12.4 Å². The van der Waals surface area contributed by atoms with Crippen LogP contribution in [-0.2, 0) is 4.79 Å². The van der Waals surface area contributed by atoms with Crippen LogP contribution >= 0.6 is 11.6 Å². The third-order valence-corrected chi connectivity index (χ3v) is 3.94. The first kappa shape index (κ1) is 14.3. The summed E-state index contributed by atoms with van der Waals surface area (Å²) in [6, 6.07) is 0. The molecule has 0 heterocycles. The Kier molecular flexibility index (Phi) is 4.81. The predicted molar refractivity (Wildman–Crippen MR) is 73.0 cm³/mol. The zero-order valence-electron chi connectivity index (χ0n) is 11.1. The van der Waals surface area contributed by atoms with E-state index in [0.717, 1.165) is 18.5 Å². The molecule has 0 saturated heterocycles. The van der Waals surface area contributed by atoms with Gasteiger partial charge in [0.05, 0.1) is 0 Å². The maximum Gasteiger partial charge on any atom is 0.241 e. The minimum Gasteiger partial charge on any atom is -0.311 e. The second kappa shape index (κ2) is 5.72. The lowest BCUT2D eigenvalue weighted by Gasteiger charge is -2.37. The first-order valence-corrected chi connectivity index (χ1v) is 6.65. The Morgan fingerprint density at radius 1 is 1.59 bits per heavy atom. The van der Waals surface area contributed by atoms with E-state index >= 15 is 0 Å². The van der Waals surface area contributed by atoms with Gasteiger partial charge < -0.3 is 4.90 Å². The summed E-state index contributed by atoms with van der Waals surface area (Å²) in [6.45, 7) is 10.9. The van der Waals surface area contributed by atoms with Crippen LogP contribution in [0, 0.1) is 5.41 Å². The van der Waals surface area contributed by atoms with Crippen molar-refractivity contribution in [3.63, 3.8) is 0 Å². The van der Waals surface area contributed by atoms with E-state index in [1.54, 1.807) is 11.0 Å². The van der Waals surface area contributed by atoms with Gasteiger partial charge >= 0.3 is 0 Å². The highest BCUT2D eigenvalue weighted by Crippen LogP contribution is 2.40. The van der Waals surface area contributed by atoms with Crippen molar-refractivity contribution >= 4 is 17.5 Å². The summed E-state index contributed by atoms with van der Waals surface area (Å²) >= 11 is 5.67. The van der Waals surface area contributed by atoms with Gasteiger partial charge in [-0.05, 0) is 37.2 Å². The van der Waals surface area contributed by atoms with Gasteiger partial charge in [-0.3, -0.25) is 4.79 Å². The summed E-state index contributed by atoms with van der Waals surface area (Å²) in [6.07, 6.45) is 5.03. The van der Waals surface area contributed by atoms with Crippen molar-refractivity contribution in [2.24, 2.45) is 5.41 Å². The normalized spacial score (nSPS) is 19.1. The van der Waals surface area contributed by atoms with Crippen LogP contribution in [-0.4, -0.2) is 23.2 Å². The highest BCUT2D eigenvalue weighted by molar-refractivity contribution is 6.27. The molecule has 0 N–H and O–H groups in total. The van der Waals surface area contributed by atoms with E-state index in [2.05, 4.69) is 27.4 Å². The molecule has 0 radical (unpaired) electrons. The van der Waals surface area contributed by atoms with Crippen LogP contribution in [0.3, 0.4) is 0 Å². The number of allylic oxidation sites excluding steroid dienone is 2. The number of alkyl halides is 1. The highest BCUT2D eigenvalue weighted by Gasteiger charge is 2.30. The van der Waals surface area contributed by atoms with Gasteiger partial charge in [-0.15, -0.1) is 18.2 Å². The molecular weight excluding hydrogens is 234 g/mol. The summed E-state index contributed by atoms with van der Waals surface area (Å²) in [5.74, 6) is 0.00373. The van der Waals surface area contributed by atoms with Crippen LogP contribution in [0.5, 0.6) is 0 Å². The van der Waals surface area contributed by atoms with Crippen LogP contribution in [0.4, 0.5) is 0 Å². The standard InChI is InChI=1S/C14H22ClNO/c1-5-9-16(13(17)10-15)12-7-6-8-14(3,4)11(12)2/h5H,1,6-10H2,2-4H3. The minimum absolute atomic E-state index is 0.0291. The van der Waals surface area contributed by atoms with E-state index in [1.807, 2.05) is 0 Å². The van der Waals surface area contributed by atoms with Gasteiger partial charge in [-0.1, -0.05) is 19.9 Å². The molecule has 0 atom stereocenters. The SMILES string of the molecule is C=CCN(C(=O)CCl)C1=C(C)C(C)(C)CCC1. The molecule has 3 heteroatoms. The van der Waals surface area contributed by atoms with Gasteiger partial charge in [-0.25, -0.2) is 0 Å². The molecular formula is C14H22ClNO. The Morgan fingerprint density at radius 3 is 2.76 bits per heavy atom. The maximum absolute atomic E-state index is 11.9. The molecule has 0 aromatic heterocycles. The molecule has 1 amide bonds. The van der Waals surface area contributed by atoms with E-state index in [1.165, 1.54) is 12.0 Å². The number of carbonyl (C=O) groups excluding carboxylic acids is 1. The Balaban J connectivity index is 3.08. The molecule has 0 unspecified atom stereocenters. The van der Waals surface area contributed by atoms with Gasteiger partial charge in [-0.2, -0.15) is 0 Å². The molecule has 17 heavy (non-hydrogen) atoms. The fraction of sp³-hybridized carbons (Fsp3) is 0.643. The van der Waals surface area contributed by atoms with E-state index in [-0.39, 0.29) is 17.2 Å². The average Bonchev–Trinajstić information content (AvgIpc) is 2.29. The zero-order chi connectivity index (χ0) is 13.1. The number of nitrogens with zero attached hydrogens (tertiary/aromatic N) is 1. The van der Waals surface area contributed by atoms with Crippen molar-refractivity contribution < 1.29 is 4.79 Å². The second-order valence-electron chi connectivity index (χ2n) is 5.24. The topological polar surface area (TPSA) is 20.3 Å². The summed E-state index contributed by atoms with van der Waals surface area (Å²) in [7, 11) is 0. The van der Waals surface area contributed by atoms with Crippen molar-refractivity contribution in [2.45, 2.75) is 40.0 Å². The van der Waals surface area contributed by atoms with E-state index < -0.39 is 0 Å². The second-order valence-corrected chi connectivity index (χ2v) is 5.50. The van der Waals surface area contributed by atoms with Crippen LogP contribution < -0.4 is 0 Å². The Bertz CT molecular complexity index is 344. The molecule has 96 valence electrons. The number of hydrogen-bond donors (Lipinski definition) is 0. The molecule has 0 fully saturated rings. The van der Waals surface area contributed by atoms with E-state index in [4.69, 9.17) is 11.6 Å². The molecule has 0 aliphatic heterocycles. The van der Waals surface area contributed by atoms with E-state index in [0.29, 0.717) is 6.54 Å². The van der Waals surface area contributed by atoms with Gasteiger partial charge in [0.15, 0.2) is 0 Å². The Morgan fingerprint density at radius 2 is 2.24 bits per heavy atom. The van der Waals surface area contributed by atoms with Gasteiger partial charge in [0.2, 0.25) is 5.91 Å². The predicted octanol–water partition coefficient (Wildman–Crippen LogP) is 3.72. The first-order valence-electron chi connectivity index (χ1n) is 6.11. The molecule has 0 aromatic carbocycles. The van der Waals surface area contributed by atoms with Crippen LogP contribution in [0.1, 0.15) is 40.0 Å². The molecule has 0 saturated carbocycles. The third-order valence-electron chi connectivity index (χ3n) is 3.72. The quantitative estimate of drug-likeness (QED) is 0.554. The molecule has 0 aromatic rings. The molecule has 1 rings (SSSR count). The summed E-state index contributed by atoms with van der Waals surface area (Å²) < 4.78 is 0. The van der Waals surface area contributed by atoms with Crippen molar-refractivity contribution in [3.05, 3.63) is 23.9 Å². The largest absolute Gasteiger partial charge is 0.311 e. The van der Waals surface area contributed by atoms with Crippen LogP contribution in [0.2, 0.25) is 0 Å². The lowest BCUT2D eigenvalue weighted by Crippen LogP contribution is -2.35. The van der Waals surface area contributed by atoms with Crippen molar-refractivity contribution in [1.82, 2.24) is 4.90 Å². The number of halogens is 1. The molecule has 1 aliphatic rings. The molecule has 1 aliphatic carbocycles. The number of rotatable bonds is 4. The highest BCUT2D eigenvalue weighted by atomic mass is 35.5. The Hall–Kier alpha value is -0.760. The van der Waals surface area contributed by atoms with Gasteiger partial charge in [0, 0.05) is 12.2 Å². The summed E-state index contributed by atoms with van der Waals surface area (Å²) in [5, 5.41) is 0. The van der Waals surface area contributed by atoms with Gasteiger partial charge in [0.25, 0.3) is 0 Å². The minimum atomic E-state index is -0.0291. The fourth-order valence-corrected chi connectivity index (χ4v) is 2.51. The zero-order valence-corrected chi connectivity index (χ0v) is 11.8. The Labute approximate surface area is 109 Å². The van der Waals surface area contributed by atoms with Crippen molar-refractivity contribution in [1.29, 1.82) is 0 Å². The number of amides is 1. The van der Waals surface area contributed by atoms with Gasteiger partial charge in [0.1, 0.15) is 5.88 Å². The van der Waals surface area contributed by atoms with Crippen LogP contribution in [0.15, 0.2) is 23.9 Å². The lowest BCUT2D eigenvalue weighted by atomic mass is 9.75. The monoisotopic (exact) mass is 255 g/mol. The number of carbonyl (C=O) groups is 1. The lowest BCUT2D eigenvalue weighted by molar-refractivity contribution is -0.126. The summed E-state index contributed by atoms with van der Waals surface area (Å²) in [5.41, 5.74) is 2.63.